The quantitative estimate of drug-likeness (QED) is 0.488. The van der Waals surface area contributed by atoms with E-state index in [1.165, 1.54) is 41.2 Å². The first kappa shape index (κ1) is 24.0. The average Bonchev–Trinajstić information content (AvgIpc) is 2.90. The maximum atomic E-state index is 12.9. The van der Waals surface area contributed by atoms with Gasteiger partial charge in [-0.3, -0.25) is 14.6 Å². The molecule has 1 amide bonds. The maximum absolute atomic E-state index is 12.9. The molecular weight excluding hydrogens is 430 g/mol. The maximum Gasteiger partial charge on any atom is 0.234 e. The first-order valence-electron chi connectivity index (χ1n) is 13.4. The molecule has 2 saturated heterocycles. The summed E-state index contributed by atoms with van der Waals surface area (Å²) < 4.78 is 0. The molecule has 0 aliphatic carbocycles. The molecule has 0 aromatic heterocycles. The summed E-state index contributed by atoms with van der Waals surface area (Å²) in [5.74, 6) is 0.191. The van der Waals surface area contributed by atoms with Gasteiger partial charge >= 0.3 is 0 Å². The van der Waals surface area contributed by atoms with Crippen LogP contribution in [0.15, 0.2) is 72.8 Å². The number of benzene rings is 3. The van der Waals surface area contributed by atoms with Crippen LogP contribution in [0.3, 0.4) is 0 Å². The minimum absolute atomic E-state index is 0.0921. The number of nitrogens with zero attached hydrogens (tertiary/aromatic N) is 2. The first-order chi connectivity index (χ1) is 17.2. The van der Waals surface area contributed by atoms with E-state index in [9.17, 15) is 4.79 Å². The Labute approximate surface area is 210 Å². The SMILES string of the molecule is O=C(CN1CCCCC1)NCC1(Cc2cccc3ccccc23)CCN(Cc2ccccc2)CC1. The Morgan fingerprint density at radius 1 is 0.771 bits per heavy atom. The fourth-order valence-corrected chi connectivity index (χ4v) is 5.96. The molecule has 0 radical (unpaired) electrons. The lowest BCUT2D eigenvalue weighted by Crippen LogP contribution is -2.49. The summed E-state index contributed by atoms with van der Waals surface area (Å²) in [7, 11) is 0. The van der Waals surface area contributed by atoms with Crippen molar-refractivity contribution in [1.29, 1.82) is 0 Å². The van der Waals surface area contributed by atoms with Crippen molar-refractivity contribution in [3.8, 4) is 0 Å². The Bertz CT molecular complexity index is 1090. The standard InChI is InChI=1S/C31H39N3O/c35-30(24-33-18-7-2-8-19-33)32-25-31(22-28-14-9-13-27-12-5-6-15-29(27)28)16-20-34(21-17-31)23-26-10-3-1-4-11-26/h1,3-6,9-15H,2,7-8,16-25H2,(H,32,35). The molecule has 2 aliphatic heterocycles. The number of nitrogens with one attached hydrogen (secondary N) is 1. The predicted molar refractivity (Wildman–Crippen MR) is 144 cm³/mol. The van der Waals surface area contributed by atoms with Crippen LogP contribution < -0.4 is 5.32 Å². The number of carbonyl (C=O) groups excluding carboxylic acids is 1. The van der Waals surface area contributed by atoms with Crippen LogP contribution in [-0.4, -0.2) is 55.0 Å². The van der Waals surface area contributed by atoms with Gasteiger partial charge in [0.05, 0.1) is 6.54 Å². The Kier molecular flexibility index (Phi) is 7.80. The van der Waals surface area contributed by atoms with Gasteiger partial charge in [0.2, 0.25) is 5.91 Å². The molecule has 0 atom stereocenters. The zero-order valence-corrected chi connectivity index (χ0v) is 20.9. The van der Waals surface area contributed by atoms with Gasteiger partial charge in [-0.2, -0.15) is 0 Å². The van der Waals surface area contributed by atoms with Gasteiger partial charge in [0.25, 0.3) is 0 Å². The summed E-state index contributed by atoms with van der Waals surface area (Å²) in [6.45, 7) is 6.58. The second-order valence-electron chi connectivity index (χ2n) is 10.7. The van der Waals surface area contributed by atoms with E-state index in [4.69, 9.17) is 0 Å². The second-order valence-corrected chi connectivity index (χ2v) is 10.7. The zero-order chi connectivity index (χ0) is 23.9. The first-order valence-corrected chi connectivity index (χ1v) is 13.4. The number of rotatable bonds is 8. The van der Waals surface area contributed by atoms with Crippen molar-refractivity contribution in [2.24, 2.45) is 5.41 Å². The number of hydrogen-bond donors (Lipinski definition) is 1. The Morgan fingerprint density at radius 2 is 1.49 bits per heavy atom. The summed E-state index contributed by atoms with van der Waals surface area (Å²) in [6, 6.07) is 26.2. The van der Waals surface area contributed by atoms with E-state index >= 15 is 0 Å². The lowest BCUT2D eigenvalue weighted by Gasteiger charge is -2.42. The number of amides is 1. The highest BCUT2D eigenvalue weighted by molar-refractivity contribution is 5.85. The molecular formula is C31H39N3O. The van der Waals surface area contributed by atoms with Crippen molar-refractivity contribution in [3.63, 3.8) is 0 Å². The van der Waals surface area contributed by atoms with Crippen LogP contribution in [0.5, 0.6) is 0 Å². The normalized spacial score (nSPS) is 19.0. The van der Waals surface area contributed by atoms with Crippen LogP contribution in [0.1, 0.15) is 43.2 Å². The molecule has 3 aromatic rings. The summed E-state index contributed by atoms with van der Waals surface area (Å²) in [5, 5.41) is 6.02. The van der Waals surface area contributed by atoms with Crippen LogP contribution in [0, 0.1) is 5.41 Å². The van der Waals surface area contributed by atoms with E-state index in [1.807, 2.05) is 0 Å². The number of piperidine rings is 2. The third kappa shape index (κ3) is 6.31. The second kappa shape index (κ2) is 11.4. The molecule has 2 aliphatic rings. The number of hydrogen-bond acceptors (Lipinski definition) is 3. The molecule has 1 N–H and O–H groups in total. The smallest absolute Gasteiger partial charge is 0.234 e. The van der Waals surface area contributed by atoms with Crippen LogP contribution in [0.25, 0.3) is 10.8 Å². The van der Waals surface area contributed by atoms with E-state index in [0.29, 0.717) is 6.54 Å². The van der Waals surface area contributed by atoms with Crippen molar-refractivity contribution in [1.82, 2.24) is 15.1 Å². The third-order valence-electron chi connectivity index (χ3n) is 8.09. The highest BCUT2D eigenvalue weighted by atomic mass is 16.2. The molecule has 3 aromatic carbocycles. The van der Waals surface area contributed by atoms with Gasteiger partial charge in [-0.15, -0.1) is 0 Å². The molecule has 0 unspecified atom stereocenters. The van der Waals surface area contributed by atoms with E-state index < -0.39 is 0 Å². The third-order valence-corrected chi connectivity index (χ3v) is 8.09. The molecule has 2 fully saturated rings. The fraction of sp³-hybridized carbons (Fsp3) is 0.452. The van der Waals surface area contributed by atoms with Crippen molar-refractivity contribution >= 4 is 16.7 Å². The van der Waals surface area contributed by atoms with Crippen LogP contribution in [0.4, 0.5) is 0 Å². The van der Waals surface area contributed by atoms with Crippen molar-refractivity contribution < 1.29 is 4.79 Å². The van der Waals surface area contributed by atoms with E-state index in [-0.39, 0.29) is 11.3 Å². The van der Waals surface area contributed by atoms with Crippen molar-refractivity contribution in [2.75, 3.05) is 39.3 Å². The van der Waals surface area contributed by atoms with Crippen LogP contribution in [0.2, 0.25) is 0 Å². The lowest BCUT2D eigenvalue weighted by molar-refractivity contribution is -0.123. The van der Waals surface area contributed by atoms with Crippen LogP contribution >= 0.6 is 0 Å². The minimum atomic E-state index is 0.0921. The minimum Gasteiger partial charge on any atom is -0.354 e. The molecule has 0 saturated carbocycles. The largest absolute Gasteiger partial charge is 0.354 e. The van der Waals surface area contributed by atoms with Gasteiger partial charge in [-0.25, -0.2) is 0 Å². The van der Waals surface area contributed by atoms with Gasteiger partial charge in [0, 0.05) is 13.1 Å². The van der Waals surface area contributed by atoms with Crippen molar-refractivity contribution in [3.05, 3.63) is 83.9 Å². The summed E-state index contributed by atoms with van der Waals surface area (Å²) in [4.78, 5) is 17.8. The van der Waals surface area contributed by atoms with Gasteiger partial charge in [-0.1, -0.05) is 79.2 Å². The Morgan fingerprint density at radius 3 is 2.29 bits per heavy atom. The average molecular weight is 470 g/mol. The number of carbonyl (C=O) groups is 1. The summed E-state index contributed by atoms with van der Waals surface area (Å²) >= 11 is 0. The zero-order valence-electron chi connectivity index (χ0n) is 20.9. The van der Waals surface area contributed by atoms with E-state index in [1.54, 1.807) is 0 Å². The Hall–Kier alpha value is -2.69. The summed E-state index contributed by atoms with van der Waals surface area (Å²) in [6.07, 6.45) is 6.95. The molecule has 0 bridgehead atoms. The van der Waals surface area contributed by atoms with Gasteiger partial charge in [-0.05, 0) is 85.6 Å². The van der Waals surface area contributed by atoms with E-state index in [2.05, 4.69) is 87.9 Å². The monoisotopic (exact) mass is 469 g/mol. The number of likely N-dealkylation sites (tertiary alicyclic amines) is 2. The molecule has 184 valence electrons. The number of fused-ring (bicyclic) bond motifs is 1. The summed E-state index contributed by atoms with van der Waals surface area (Å²) in [5.41, 5.74) is 2.88. The molecule has 4 heteroatoms. The Balaban J connectivity index is 1.28. The van der Waals surface area contributed by atoms with Gasteiger partial charge in [0.15, 0.2) is 0 Å². The molecule has 4 nitrogen and oxygen atoms in total. The van der Waals surface area contributed by atoms with Crippen molar-refractivity contribution in [2.45, 2.75) is 45.1 Å². The molecule has 5 rings (SSSR count). The highest BCUT2D eigenvalue weighted by Gasteiger charge is 2.35. The molecule has 2 heterocycles. The highest BCUT2D eigenvalue weighted by Crippen LogP contribution is 2.37. The fourth-order valence-electron chi connectivity index (χ4n) is 5.96. The predicted octanol–water partition coefficient (Wildman–Crippen LogP) is 5.27. The van der Waals surface area contributed by atoms with E-state index in [0.717, 1.165) is 58.5 Å². The molecule has 35 heavy (non-hydrogen) atoms. The van der Waals surface area contributed by atoms with Crippen LogP contribution in [-0.2, 0) is 17.8 Å². The van der Waals surface area contributed by atoms with Gasteiger partial charge in [0.1, 0.15) is 0 Å². The van der Waals surface area contributed by atoms with Gasteiger partial charge < -0.3 is 5.32 Å². The lowest BCUT2D eigenvalue weighted by atomic mass is 9.73. The topological polar surface area (TPSA) is 35.6 Å². The molecule has 0 spiro atoms.